The van der Waals surface area contributed by atoms with Gasteiger partial charge in [0.1, 0.15) is 11.7 Å². The Balaban J connectivity index is 1.79. The maximum atomic E-state index is 12.4. The summed E-state index contributed by atoms with van der Waals surface area (Å²) in [4.78, 5) is 39.5. The molecule has 1 aromatic heterocycles. The zero-order chi connectivity index (χ0) is 23.3. The molecule has 3 aromatic rings. The summed E-state index contributed by atoms with van der Waals surface area (Å²) >= 11 is 0. The number of esters is 1. The highest BCUT2D eigenvalue weighted by Crippen LogP contribution is 2.25. The third-order valence-corrected chi connectivity index (χ3v) is 4.83. The molecule has 2 amide bonds. The first-order valence-electron chi connectivity index (χ1n) is 9.70. The van der Waals surface area contributed by atoms with Gasteiger partial charge in [0.15, 0.2) is 0 Å². The highest BCUT2D eigenvalue weighted by molar-refractivity contribution is 6.04. The Hall–Kier alpha value is -4.21. The van der Waals surface area contributed by atoms with Crippen LogP contribution in [0.4, 0.5) is 4.79 Å². The van der Waals surface area contributed by atoms with Crippen LogP contribution in [0.5, 0.6) is 0 Å². The second-order valence-electron chi connectivity index (χ2n) is 6.85. The Bertz CT molecular complexity index is 1180. The van der Waals surface area contributed by atoms with Gasteiger partial charge in [-0.25, -0.2) is 9.78 Å². The Kier molecular flexibility index (Phi) is 6.83. The van der Waals surface area contributed by atoms with Crippen LogP contribution < -0.4 is 10.6 Å². The lowest BCUT2D eigenvalue weighted by atomic mass is 10.1. The highest BCUT2D eigenvalue weighted by Gasteiger charge is 2.14. The Morgan fingerprint density at radius 3 is 2.38 bits per heavy atom. The number of imidazole rings is 1. The SMILES string of the molecule is COC(=O)CCNC(=O)c1ccc2c(c1)nc(-c1ccc(C(=N)NC(=O)OC)cc1)n2C. The standard InChI is InChI=1S/C22H23N5O5/c1-27-17-9-8-15(21(29)24-11-10-18(28)31-2)12-16(17)25-20(27)14-6-4-13(5-7-14)19(23)26-22(30)32-3/h4-9,12H,10-11H2,1-3H3,(H,24,29)(H2,23,26,30). The van der Waals surface area contributed by atoms with Crippen molar-refractivity contribution >= 4 is 34.8 Å². The first-order valence-corrected chi connectivity index (χ1v) is 9.70. The quantitative estimate of drug-likeness (QED) is 0.307. The summed E-state index contributed by atoms with van der Waals surface area (Å²) in [6, 6.07) is 12.2. The number of hydrogen-bond donors (Lipinski definition) is 3. The predicted octanol–water partition coefficient (Wildman–Crippen LogP) is 2.21. The summed E-state index contributed by atoms with van der Waals surface area (Å²) in [5, 5.41) is 12.9. The van der Waals surface area contributed by atoms with Crippen molar-refractivity contribution in [1.29, 1.82) is 5.41 Å². The number of nitrogens with one attached hydrogen (secondary N) is 3. The fourth-order valence-corrected chi connectivity index (χ4v) is 3.09. The van der Waals surface area contributed by atoms with Crippen molar-refractivity contribution in [1.82, 2.24) is 20.2 Å². The van der Waals surface area contributed by atoms with E-state index in [1.807, 2.05) is 17.7 Å². The minimum absolute atomic E-state index is 0.0729. The first-order chi connectivity index (χ1) is 15.3. The number of carbonyl (C=O) groups excluding carboxylic acids is 3. The molecular weight excluding hydrogens is 414 g/mol. The summed E-state index contributed by atoms with van der Waals surface area (Å²) in [7, 11) is 4.40. The third kappa shape index (κ3) is 4.91. The third-order valence-electron chi connectivity index (χ3n) is 4.83. The Morgan fingerprint density at radius 1 is 1.03 bits per heavy atom. The number of amidine groups is 1. The number of aryl methyl sites for hydroxylation is 1. The summed E-state index contributed by atoms with van der Waals surface area (Å²) < 4.78 is 11.0. The van der Waals surface area contributed by atoms with E-state index >= 15 is 0 Å². The lowest BCUT2D eigenvalue weighted by molar-refractivity contribution is -0.140. The van der Waals surface area contributed by atoms with Gasteiger partial charge in [-0.1, -0.05) is 24.3 Å². The number of fused-ring (bicyclic) bond motifs is 1. The van der Waals surface area contributed by atoms with Gasteiger partial charge in [-0.3, -0.25) is 20.3 Å². The number of alkyl carbamates (subject to hydrolysis) is 1. The molecule has 0 spiro atoms. The number of benzene rings is 2. The number of nitrogens with zero attached hydrogens (tertiary/aromatic N) is 2. The minimum Gasteiger partial charge on any atom is -0.469 e. The molecule has 3 rings (SSSR count). The van der Waals surface area contributed by atoms with Crippen LogP contribution in [0.1, 0.15) is 22.3 Å². The van der Waals surface area contributed by atoms with Gasteiger partial charge in [0.05, 0.1) is 31.7 Å². The molecular formula is C22H23N5O5. The van der Waals surface area contributed by atoms with Gasteiger partial charge >= 0.3 is 12.1 Å². The second kappa shape index (κ2) is 9.73. The zero-order valence-corrected chi connectivity index (χ0v) is 17.9. The van der Waals surface area contributed by atoms with E-state index in [1.165, 1.54) is 14.2 Å². The van der Waals surface area contributed by atoms with Crippen LogP contribution >= 0.6 is 0 Å². The molecule has 0 fully saturated rings. The van der Waals surface area contributed by atoms with Crippen LogP contribution in [0, 0.1) is 5.41 Å². The molecule has 0 bridgehead atoms. The number of aromatic nitrogens is 2. The van der Waals surface area contributed by atoms with Crippen LogP contribution in [0.2, 0.25) is 0 Å². The normalized spacial score (nSPS) is 10.5. The predicted molar refractivity (Wildman–Crippen MR) is 117 cm³/mol. The van der Waals surface area contributed by atoms with Gasteiger partial charge in [0, 0.05) is 30.3 Å². The van der Waals surface area contributed by atoms with Crippen molar-refractivity contribution in [2.24, 2.45) is 7.05 Å². The smallest absolute Gasteiger partial charge is 0.412 e. The number of hydrogen-bond acceptors (Lipinski definition) is 7. The molecule has 0 saturated heterocycles. The van der Waals surface area contributed by atoms with Gasteiger partial charge in [-0.05, 0) is 18.2 Å². The first kappa shape index (κ1) is 22.5. The molecule has 10 nitrogen and oxygen atoms in total. The molecule has 0 aliphatic rings. The number of rotatable bonds is 6. The van der Waals surface area contributed by atoms with Crippen LogP contribution in [0.25, 0.3) is 22.4 Å². The molecule has 0 atom stereocenters. The molecule has 3 N–H and O–H groups in total. The maximum absolute atomic E-state index is 12.4. The second-order valence-corrected chi connectivity index (χ2v) is 6.85. The molecule has 0 radical (unpaired) electrons. The molecule has 1 heterocycles. The monoisotopic (exact) mass is 437 g/mol. The fraction of sp³-hybridized carbons (Fsp3) is 0.227. The maximum Gasteiger partial charge on any atom is 0.412 e. The van der Waals surface area contributed by atoms with E-state index in [0.717, 1.165) is 11.1 Å². The van der Waals surface area contributed by atoms with Crippen molar-refractivity contribution in [2.45, 2.75) is 6.42 Å². The van der Waals surface area contributed by atoms with E-state index in [9.17, 15) is 14.4 Å². The van der Waals surface area contributed by atoms with Crippen molar-refractivity contribution in [3.8, 4) is 11.4 Å². The number of ether oxygens (including phenoxy) is 2. The van der Waals surface area contributed by atoms with Crippen molar-refractivity contribution < 1.29 is 23.9 Å². The Labute approximate surface area is 184 Å². The van der Waals surface area contributed by atoms with E-state index in [-0.39, 0.29) is 24.7 Å². The van der Waals surface area contributed by atoms with E-state index in [2.05, 4.69) is 25.1 Å². The van der Waals surface area contributed by atoms with Gasteiger partial charge in [-0.2, -0.15) is 0 Å². The zero-order valence-electron chi connectivity index (χ0n) is 17.9. The fourth-order valence-electron chi connectivity index (χ4n) is 3.09. The van der Waals surface area contributed by atoms with Crippen LogP contribution in [0.3, 0.4) is 0 Å². The van der Waals surface area contributed by atoms with Crippen molar-refractivity contribution in [3.63, 3.8) is 0 Å². The summed E-state index contributed by atoms with van der Waals surface area (Å²) in [5.41, 5.74) is 3.25. The molecule has 32 heavy (non-hydrogen) atoms. The summed E-state index contributed by atoms with van der Waals surface area (Å²) in [6.45, 7) is 0.184. The molecule has 10 heteroatoms. The van der Waals surface area contributed by atoms with Crippen molar-refractivity contribution in [2.75, 3.05) is 20.8 Å². The number of carbonyl (C=O) groups is 3. The average molecular weight is 437 g/mol. The van der Waals surface area contributed by atoms with Crippen LogP contribution in [0.15, 0.2) is 42.5 Å². The van der Waals surface area contributed by atoms with Gasteiger partial charge in [0.2, 0.25) is 0 Å². The minimum atomic E-state index is -0.709. The van der Waals surface area contributed by atoms with Crippen LogP contribution in [-0.4, -0.2) is 54.1 Å². The highest BCUT2D eigenvalue weighted by atomic mass is 16.5. The molecule has 0 aliphatic heterocycles. The molecule has 0 unspecified atom stereocenters. The van der Waals surface area contributed by atoms with E-state index < -0.39 is 12.1 Å². The van der Waals surface area contributed by atoms with Crippen molar-refractivity contribution in [3.05, 3.63) is 53.6 Å². The lowest BCUT2D eigenvalue weighted by Gasteiger charge is -2.07. The van der Waals surface area contributed by atoms with E-state index in [0.29, 0.717) is 22.5 Å². The Morgan fingerprint density at radius 2 is 1.72 bits per heavy atom. The van der Waals surface area contributed by atoms with E-state index in [1.54, 1.807) is 36.4 Å². The molecule has 0 saturated carbocycles. The number of methoxy groups -OCH3 is 2. The summed E-state index contributed by atoms with van der Waals surface area (Å²) in [5.74, 6) is -0.0835. The summed E-state index contributed by atoms with van der Waals surface area (Å²) in [6.07, 6.45) is -0.611. The van der Waals surface area contributed by atoms with Crippen LogP contribution in [-0.2, 0) is 21.3 Å². The lowest BCUT2D eigenvalue weighted by Crippen LogP contribution is -2.30. The molecule has 166 valence electrons. The van der Waals surface area contributed by atoms with Gasteiger partial charge < -0.3 is 19.4 Å². The number of amides is 2. The van der Waals surface area contributed by atoms with Gasteiger partial charge in [-0.15, -0.1) is 0 Å². The average Bonchev–Trinajstić information content (AvgIpc) is 3.14. The molecule has 2 aromatic carbocycles. The molecule has 0 aliphatic carbocycles. The van der Waals surface area contributed by atoms with Gasteiger partial charge in [0.25, 0.3) is 5.91 Å². The van der Waals surface area contributed by atoms with E-state index in [4.69, 9.17) is 5.41 Å². The topological polar surface area (TPSA) is 135 Å². The largest absolute Gasteiger partial charge is 0.469 e.